The van der Waals surface area contributed by atoms with Gasteiger partial charge in [-0.25, -0.2) is 0 Å². The molecule has 0 saturated carbocycles. The molecule has 0 saturated heterocycles. The Bertz CT molecular complexity index is 472. The van der Waals surface area contributed by atoms with Crippen LogP contribution in [0.5, 0.6) is 0 Å². The van der Waals surface area contributed by atoms with Crippen LogP contribution in [0, 0.1) is 24.7 Å². The minimum absolute atomic E-state index is 1.03. The van der Waals surface area contributed by atoms with E-state index < -0.39 is 0 Å². The van der Waals surface area contributed by atoms with E-state index in [0.717, 1.165) is 9.81 Å². The molecule has 80 valence electrons. The van der Waals surface area contributed by atoms with E-state index in [1.54, 1.807) is 47.0 Å². The van der Waals surface area contributed by atoms with Gasteiger partial charge in [0.25, 0.3) is 0 Å². The predicted octanol–water partition coefficient (Wildman–Crippen LogP) is 4.80. The van der Waals surface area contributed by atoms with E-state index in [1.807, 2.05) is 0 Å². The van der Waals surface area contributed by atoms with E-state index >= 15 is 0 Å². The van der Waals surface area contributed by atoms with E-state index in [4.69, 9.17) is 12.8 Å². The smallest absolute Gasteiger partial charge is 0.0720 e. The fourth-order valence-corrected chi connectivity index (χ4v) is 6.22. The van der Waals surface area contributed by atoms with Gasteiger partial charge in [0, 0.05) is 9.81 Å². The Morgan fingerprint density at radius 2 is 1.12 bits per heavy atom. The zero-order chi connectivity index (χ0) is 11.7. The van der Waals surface area contributed by atoms with Gasteiger partial charge in [0.05, 0.1) is 18.3 Å². The first-order valence-corrected chi connectivity index (χ1v) is 7.73. The Labute approximate surface area is 113 Å². The SMILES string of the molecule is C#CC1=C(C)SC(=C2SC(C)=C(C#C)S2)S1. The summed E-state index contributed by atoms with van der Waals surface area (Å²) in [6.07, 6.45) is 10.9. The zero-order valence-electron chi connectivity index (χ0n) is 8.79. The average Bonchev–Trinajstić information content (AvgIpc) is 2.81. The van der Waals surface area contributed by atoms with Crippen LogP contribution in [0.15, 0.2) is 28.1 Å². The molecular weight excluding hydrogens is 272 g/mol. The number of allylic oxidation sites excluding steroid dienone is 4. The molecule has 0 fully saturated rings. The van der Waals surface area contributed by atoms with Gasteiger partial charge >= 0.3 is 0 Å². The largest absolute Gasteiger partial charge is 0.114 e. The van der Waals surface area contributed by atoms with Crippen LogP contribution in [-0.4, -0.2) is 0 Å². The van der Waals surface area contributed by atoms with Crippen LogP contribution in [0.3, 0.4) is 0 Å². The predicted molar refractivity (Wildman–Crippen MR) is 80.5 cm³/mol. The highest BCUT2D eigenvalue weighted by Gasteiger charge is 2.25. The summed E-state index contributed by atoms with van der Waals surface area (Å²) >= 11 is 6.87. The van der Waals surface area contributed by atoms with Crippen molar-refractivity contribution >= 4 is 47.0 Å². The highest BCUT2D eigenvalue weighted by atomic mass is 32.2. The third-order valence-corrected chi connectivity index (χ3v) is 7.56. The van der Waals surface area contributed by atoms with Crippen LogP contribution in [0.4, 0.5) is 0 Å². The first-order chi connectivity index (χ1) is 7.65. The molecule has 0 atom stereocenters. The van der Waals surface area contributed by atoms with Gasteiger partial charge in [0.15, 0.2) is 0 Å². The lowest BCUT2D eigenvalue weighted by Crippen LogP contribution is -1.67. The van der Waals surface area contributed by atoms with Gasteiger partial charge < -0.3 is 0 Å². The Morgan fingerprint density at radius 1 is 0.750 bits per heavy atom. The molecule has 2 aliphatic heterocycles. The van der Waals surface area contributed by atoms with Crippen LogP contribution in [0.2, 0.25) is 0 Å². The second kappa shape index (κ2) is 4.94. The second-order valence-electron chi connectivity index (χ2n) is 3.04. The average molecular weight is 280 g/mol. The van der Waals surface area contributed by atoms with Gasteiger partial charge in [0.1, 0.15) is 0 Å². The molecule has 16 heavy (non-hydrogen) atoms. The first-order valence-electron chi connectivity index (χ1n) is 4.46. The monoisotopic (exact) mass is 280 g/mol. The van der Waals surface area contributed by atoms with E-state index in [2.05, 4.69) is 25.7 Å². The molecule has 0 unspecified atom stereocenters. The molecule has 0 N–H and O–H groups in total. The normalized spacial score (nSPS) is 25.0. The maximum atomic E-state index is 5.44. The van der Waals surface area contributed by atoms with Crippen molar-refractivity contribution in [2.75, 3.05) is 0 Å². The molecule has 0 aliphatic carbocycles. The van der Waals surface area contributed by atoms with Gasteiger partial charge in [0.2, 0.25) is 0 Å². The van der Waals surface area contributed by atoms with Gasteiger partial charge in [-0.3, -0.25) is 0 Å². The molecule has 0 aromatic carbocycles. The number of rotatable bonds is 0. The maximum Gasteiger partial charge on any atom is 0.0720 e. The molecule has 2 aliphatic rings. The van der Waals surface area contributed by atoms with Crippen molar-refractivity contribution in [3.05, 3.63) is 28.1 Å². The van der Waals surface area contributed by atoms with Gasteiger partial charge in [-0.1, -0.05) is 58.9 Å². The third-order valence-electron chi connectivity index (χ3n) is 1.95. The Hall–Kier alpha value is -0.260. The molecule has 0 aromatic rings. The summed E-state index contributed by atoms with van der Waals surface area (Å²) in [5.74, 6) is 5.44. The minimum Gasteiger partial charge on any atom is -0.114 e. The van der Waals surface area contributed by atoms with E-state index in [0.29, 0.717) is 0 Å². The summed E-state index contributed by atoms with van der Waals surface area (Å²) in [4.78, 5) is 4.48. The van der Waals surface area contributed by atoms with E-state index in [-0.39, 0.29) is 0 Å². The fourth-order valence-electron chi connectivity index (χ4n) is 1.17. The van der Waals surface area contributed by atoms with Crippen LogP contribution in [0.25, 0.3) is 0 Å². The highest BCUT2D eigenvalue weighted by molar-refractivity contribution is 8.34. The molecule has 4 heteroatoms. The molecule has 0 aromatic heterocycles. The Kier molecular flexibility index (Phi) is 3.77. The van der Waals surface area contributed by atoms with Crippen molar-refractivity contribution in [1.82, 2.24) is 0 Å². The van der Waals surface area contributed by atoms with Crippen LogP contribution in [-0.2, 0) is 0 Å². The van der Waals surface area contributed by atoms with Crippen molar-refractivity contribution in [3.8, 4) is 24.7 Å². The van der Waals surface area contributed by atoms with Crippen LogP contribution in [0.1, 0.15) is 13.8 Å². The van der Waals surface area contributed by atoms with Crippen LogP contribution >= 0.6 is 47.0 Å². The molecule has 0 nitrogen and oxygen atoms in total. The summed E-state index contributed by atoms with van der Waals surface area (Å²) in [6, 6.07) is 0. The molecule has 0 radical (unpaired) electrons. The Morgan fingerprint density at radius 3 is 1.38 bits per heavy atom. The molecule has 0 amide bonds. The molecule has 2 heterocycles. The lowest BCUT2D eigenvalue weighted by atomic mass is 10.5. The maximum absolute atomic E-state index is 5.44. The van der Waals surface area contributed by atoms with Gasteiger partial charge in [-0.2, -0.15) is 0 Å². The van der Waals surface area contributed by atoms with Crippen molar-refractivity contribution in [1.29, 1.82) is 0 Å². The highest BCUT2D eigenvalue weighted by Crippen LogP contribution is 2.59. The number of terminal acetylenes is 2. The van der Waals surface area contributed by atoms with Crippen molar-refractivity contribution in [3.63, 3.8) is 0 Å². The van der Waals surface area contributed by atoms with Crippen LogP contribution < -0.4 is 0 Å². The molecular formula is C12H8S4. The minimum atomic E-state index is 1.03. The quantitative estimate of drug-likeness (QED) is 0.584. The molecule has 0 spiro atoms. The molecule has 0 bridgehead atoms. The van der Waals surface area contributed by atoms with E-state index in [9.17, 15) is 0 Å². The van der Waals surface area contributed by atoms with E-state index in [1.165, 1.54) is 18.3 Å². The topological polar surface area (TPSA) is 0 Å². The summed E-state index contributed by atoms with van der Waals surface area (Å²) < 4.78 is 2.54. The van der Waals surface area contributed by atoms with Gasteiger partial charge in [-0.05, 0) is 13.8 Å². The summed E-state index contributed by atoms with van der Waals surface area (Å²) in [5, 5.41) is 0. The fraction of sp³-hybridized carbons (Fsp3) is 0.167. The standard InChI is InChI=1S/C12H8S4/c1-5-9-7(3)13-11(15-9)12-14-8(4)10(6-2)16-12/h1-2H,3-4H3. The van der Waals surface area contributed by atoms with Crippen molar-refractivity contribution in [2.45, 2.75) is 13.8 Å². The lowest BCUT2D eigenvalue weighted by molar-refractivity contribution is 1.69. The van der Waals surface area contributed by atoms with Crippen molar-refractivity contribution in [2.24, 2.45) is 0 Å². The summed E-state index contributed by atoms with van der Waals surface area (Å²) in [6.45, 7) is 4.13. The summed E-state index contributed by atoms with van der Waals surface area (Å²) in [5.41, 5.74) is 0. The number of thioether (sulfide) groups is 4. The van der Waals surface area contributed by atoms with Gasteiger partial charge in [-0.15, -0.1) is 12.8 Å². The summed E-state index contributed by atoms with van der Waals surface area (Å²) in [7, 11) is 0. The molecule has 2 rings (SSSR count). The number of hydrogen-bond donors (Lipinski definition) is 0. The number of hydrogen-bond acceptors (Lipinski definition) is 4. The second-order valence-corrected chi connectivity index (χ2v) is 8.05. The zero-order valence-corrected chi connectivity index (χ0v) is 12.1. The lowest BCUT2D eigenvalue weighted by Gasteiger charge is -2.00. The first kappa shape index (κ1) is 12.2. The van der Waals surface area contributed by atoms with Crippen molar-refractivity contribution < 1.29 is 0 Å². The Balaban J connectivity index is 2.21. The third kappa shape index (κ3) is 2.21.